The van der Waals surface area contributed by atoms with E-state index in [1.165, 1.54) is 0 Å². The molecule has 0 aromatic carbocycles. The summed E-state index contributed by atoms with van der Waals surface area (Å²) in [6.07, 6.45) is 0. The SMILES string of the molecule is [O-]NOC(ON[O-])ON[O-]. The predicted octanol–water partition coefficient (Wildman–Crippen LogP) is -1.67. The van der Waals surface area contributed by atoms with Crippen LogP contribution in [0.1, 0.15) is 0 Å². The molecule has 9 nitrogen and oxygen atoms in total. The minimum Gasteiger partial charge on any atom is -0.765 e. The Hall–Kier alpha value is -0.360. The van der Waals surface area contributed by atoms with Crippen molar-refractivity contribution < 1.29 is 14.5 Å². The van der Waals surface area contributed by atoms with Crippen molar-refractivity contribution in [3.63, 3.8) is 0 Å². The molecule has 0 fully saturated rings. The largest absolute Gasteiger partial charge is 0.765 e. The Balaban J connectivity index is 3.30. The van der Waals surface area contributed by atoms with E-state index in [0.29, 0.717) is 0 Å². The fourth-order valence-electron chi connectivity index (χ4n) is 0.190. The molecule has 9 heteroatoms. The molecular weight excluding hydrogens is 150 g/mol. The molecule has 0 aromatic heterocycles. The first-order chi connectivity index (χ1) is 4.85. The number of hydrogen-bond donors (Lipinski definition) is 3. The predicted molar refractivity (Wildman–Crippen MR) is 26.6 cm³/mol. The van der Waals surface area contributed by atoms with Gasteiger partial charge in [0, 0.05) is 0 Å². The third kappa shape index (κ3) is 4.51. The third-order valence-corrected chi connectivity index (χ3v) is 0.433. The maximum Gasteiger partial charge on any atom is 0.317 e. The summed E-state index contributed by atoms with van der Waals surface area (Å²) >= 11 is 0. The second-order valence-electron chi connectivity index (χ2n) is 0.892. The van der Waals surface area contributed by atoms with E-state index in [9.17, 15) is 15.6 Å². The molecular formula is CH4N3O6-3. The lowest BCUT2D eigenvalue weighted by Gasteiger charge is -2.22. The van der Waals surface area contributed by atoms with Crippen LogP contribution in [-0.2, 0) is 14.5 Å². The van der Waals surface area contributed by atoms with E-state index in [-0.39, 0.29) is 0 Å². The maximum absolute atomic E-state index is 9.40. The molecule has 62 valence electrons. The van der Waals surface area contributed by atoms with Crippen LogP contribution in [0.4, 0.5) is 0 Å². The van der Waals surface area contributed by atoms with Crippen LogP contribution in [0.15, 0.2) is 0 Å². The molecule has 0 saturated carbocycles. The summed E-state index contributed by atoms with van der Waals surface area (Å²) in [4.78, 5) is 11.2. The molecule has 3 N–H and O–H groups in total. The second-order valence-corrected chi connectivity index (χ2v) is 0.892. The molecule has 10 heavy (non-hydrogen) atoms. The van der Waals surface area contributed by atoms with Gasteiger partial charge in [0.2, 0.25) is 0 Å². The van der Waals surface area contributed by atoms with Gasteiger partial charge in [0.05, 0.1) is 0 Å². The lowest BCUT2D eigenvalue weighted by molar-refractivity contribution is -0.337. The molecule has 0 bridgehead atoms. The summed E-state index contributed by atoms with van der Waals surface area (Å²) in [6.45, 7) is -1.74. The molecule has 0 saturated heterocycles. The van der Waals surface area contributed by atoms with Gasteiger partial charge in [0.15, 0.2) is 0 Å². The van der Waals surface area contributed by atoms with Gasteiger partial charge in [-0.3, -0.25) is 31.4 Å². The normalized spacial score (nSPS) is 10.8. The third-order valence-electron chi connectivity index (χ3n) is 0.433. The molecule has 0 amide bonds. The minimum atomic E-state index is -1.74. The molecule has 0 spiro atoms. The first-order valence-electron chi connectivity index (χ1n) is 1.93. The smallest absolute Gasteiger partial charge is 0.317 e. The van der Waals surface area contributed by atoms with E-state index in [0.717, 1.165) is 16.9 Å². The van der Waals surface area contributed by atoms with E-state index in [1.807, 2.05) is 0 Å². The summed E-state index contributed by atoms with van der Waals surface area (Å²) in [6, 6.07) is 0. The Labute approximate surface area is 54.8 Å². The fraction of sp³-hybridized carbons (Fsp3) is 1.00. The van der Waals surface area contributed by atoms with Crippen molar-refractivity contribution in [2.45, 2.75) is 6.48 Å². The average molecular weight is 154 g/mol. The van der Waals surface area contributed by atoms with Crippen LogP contribution in [-0.4, -0.2) is 6.48 Å². The highest BCUT2D eigenvalue weighted by atomic mass is 17.1. The molecule has 0 atom stereocenters. The first-order valence-corrected chi connectivity index (χ1v) is 1.93. The number of hydrogen-bond acceptors (Lipinski definition) is 9. The Morgan fingerprint density at radius 2 is 1.10 bits per heavy atom. The van der Waals surface area contributed by atoms with Crippen molar-refractivity contribution in [2.24, 2.45) is 0 Å². The molecule has 0 rings (SSSR count). The summed E-state index contributed by atoms with van der Waals surface area (Å²) in [7, 11) is 0. The van der Waals surface area contributed by atoms with Crippen molar-refractivity contribution in [3.05, 3.63) is 15.6 Å². The van der Waals surface area contributed by atoms with Crippen molar-refractivity contribution >= 4 is 0 Å². The van der Waals surface area contributed by atoms with Gasteiger partial charge in [-0.1, -0.05) is 0 Å². The lowest BCUT2D eigenvalue weighted by atomic mass is 11.3. The maximum atomic E-state index is 9.40. The Bertz CT molecular complexity index is 55.7. The molecule has 0 heterocycles. The highest BCUT2D eigenvalue weighted by Crippen LogP contribution is 1.87. The van der Waals surface area contributed by atoms with E-state index < -0.39 is 6.48 Å². The van der Waals surface area contributed by atoms with Crippen LogP contribution < -0.4 is 16.9 Å². The Morgan fingerprint density at radius 3 is 1.30 bits per heavy atom. The van der Waals surface area contributed by atoms with Gasteiger partial charge in [0.1, 0.15) is 0 Å². The lowest BCUT2D eigenvalue weighted by Crippen LogP contribution is -2.32. The molecule has 0 unspecified atom stereocenters. The van der Waals surface area contributed by atoms with Gasteiger partial charge in [-0.2, -0.15) is 0 Å². The zero-order valence-electron chi connectivity index (χ0n) is 4.53. The van der Waals surface area contributed by atoms with Crippen LogP contribution in [0.3, 0.4) is 0 Å². The van der Waals surface area contributed by atoms with Gasteiger partial charge < -0.3 is 15.6 Å². The van der Waals surface area contributed by atoms with Crippen molar-refractivity contribution in [3.8, 4) is 0 Å². The zero-order valence-corrected chi connectivity index (χ0v) is 4.53. The Morgan fingerprint density at radius 1 is 0.800 bits per heavy atom. The number of rotatable bonds is 6. The van der Waals surface area contributed by atoms with Gasteiger partial charge in [-0.05, 0) is 0 Å². The van der Waals surface area contributed by atoms with E-state index in [4.69, 9.17) is 0 Å². The monoisotopic (exact) mass is 154 g/mol. The topological polar surface area (TPSA) is 133 Å². The summed E-state index contributed by atoms with van der Waals surface area (Å²) in [5.41, 5.74) is 2.64. The van der Waals surface area contributed by atoms with Crippen LogP contribution in [0.2, 0.25) is 0 Å². The summed E-state index contributed by atoms with van der Waals surface area (Å²) in [5, 5.41) is 28.2. The molecule has 0 aliphatic carbocycles. The van der Waals surface area contributed by atoms with Crippen molar-refractivity contribution in [1.82, 2.24) is 16.9 Å². The summed E-state index contributed by atoms with van der Waals surface area (Å²) < 4.78 is 0. The van der Waals surface area contributed by atoms with E-state index >= 15 is 0 Å². The summed E-state index contributed by atoms with van der Waals surface area (Å²) in [5.74, 6) is 0. The molecule has 0 aromatic rings. The highest BCUT2D eigenvalue weighted by molar-refractivity contribution is 4.23. The number of nitrogens with one attached hydrogen (secondary N) is 3. The molecule has 0 aliphatic heterocycles. The Kier molecular flexibility index (Phi) is 6.51. The second kappa shape index (κ2) is 6.76. The average Bonchev–Trinajstić information content (AvgIpc) is 1.90. The van der Waals surface area contributed by atoms with Crippen molar-refractivity contribution in [1.29, 1.82) is 0 Å². The quantitative estimate of drug-likeness (QED) is 0.303. The van der Waals surface area contributed by atoms with E-state index in [2.05, 4.69) is 14.5 Å². The van der Waals surface area contributed by atoms with E-state index in [1.54, 1.807) is 0 Å². The van der Waals surface area contributed by atoms with Gasteiger partial charge in [0.25, 0.3) is 0 Å². The van der Waals surface area contributed by atoms with Crippen LogP contribution in [0.25, 0.3) is 0 Å². The zero-order chi connectivity index (χ0) is 7.82. The van der Waals surface area contributed by atoms with Crippen LogP contribution >= 0.6 is 0 Å². The first kappa shape index (κ1) is 9.64. The van der Waals surface area contributed by atoms with Crippen LogP contribution in [0, 0.1) is 15.6 Å². The van der Waals surface area contributed by atoms with Crippen molar-refractivity contribution in [2.75, 3.05) is 0 Å². The van der Waals surface area contributed by atoms with Gasteiger partial charge in [-0.25, -0.2) is 0 Å². The van der Waals surface area contributed by atoms with Gasteiger partial charge >= 0.3 is 6.48 Å². The van der Waals surface area contributed by atoms with Gasteiger partial charge in [-0.15, -0.1) is 0 Å². The minimum absolute atomic E-state index is 0.880. The standard InChI is InChI=1S/CH4N3O6/c5-2-8-1(9-3-6)10-4-7/h1-4H/q-3. The fourth-order valence-corrected chi connectivity index (χ4v) is 0.190. The highest BCUT2D eigenvalue weighted by Gasteiger charge is 2.03. The van der Waals surface area contributed by atoms with Crippen LogP contribution in [0.5, 0.6) is 0 Å². The molecule has 0 aliphatic rings. The molecule has 0 radical (unpaired) electrons.